The van der Waals surface area contributed by atoms with Crippen LogP contribution in [-0.4, -0.2) is 46.9 Å². The Hall–Kier alpha value is -1.93. The summed E-state index contributed by atoms with van der Waals surface area (Å²) in [6.45, 7) is -0.210. The van der Waals surface area contributed by atoms with E-state index in [9.17, 15) is 14.4 Å². The molecular formula is C12H15N3O4S. The minimum absolute atomic E-state index is 0.0400. The summed E-state index contributed by atoms with van der Waals surface area (Å²) in [5.74, 6) is -1.78. The van der Waals surface area contributed by atoms with Gasteiger partial charge in [0.15, 0.2) is 0 Å². The topological polar surface area (TPSA) is 98.7 Å². The Balaban J connectivity index is 1.76. The molecule has 108 valence electrons. The van der Waals surface area contributed by atoms with Gasteiger partial charge in [-0.2, -0.15) is 0 Å². The normalized spacial score (nSPS) is 14.1. The van der Waals surface area contributed by atoms with Gasteiger partial charge in [0.1, 0.15) is 0 Å². The summed E-state index contributed by atoms with van der Waals surface area (Å²) in [5.41, 5.74) is 4.59. The molecule has 1 fully saturated rings. The van der Waals surface area contributed by atoms with E-state index in [1.807, 2.05) is 0 Å². The van der Waals surface area contributed by atoms with Gasteiger partial charge in [-0.3, -0.25) is 30.1 Å². The van der Waals surface area contributed by atoms with Crippen LogP contribution in [-0.2, 0) is 9.59 Å². The zero-order valence-corrected chi connectivity index (χ0v) is 11.5. The van der Waals surface area contributed by atoms with Crippen LogP contribution in [0.15, 0.2) is 17.5 Å². The molecule has 0 saturated heterocycles. The van der Waals surface area contributed by atoms with Gasteiger partial charge in [-0.05, 0) is 24.3 Å². The van der Waals surface area contributed by atoms with Crippen LogP contribution in [0.25, 0.3) is 0 Å². The van der Waals surface area contributed by atoms with Gasteiger partial charge in [-0.25, -0.2) is 0 Å². The lowest BCUT2D eigenvalue weighted by atomic mass is 10.4. The lowest BCUT2D eigenvalue weighted by Crippen LogP contribution is -2.47. The van der Waals surface area contributed by atoms with Crippen molar-refractivity contribution in [2.24, 2.45) is 0 Å². The quantitative estimate of drug-likeness (QED) is 0.645. The Morgan fingerprint density at radius 1 is 1.30 bits per heavy atom. The zero-order valence-electron chi connectivity index (χ0n) is 10.7. The van der Waals surface area contributed by atoms with E-state index in [2.05, 4.69) is 10.9 Å². The fourth-order valence-corrected chi connectivity index (χ4v) is 2.37. The summed E-state index contributed by atoms with van der Waals surface area (Å²) >= 11 is 1.27. The van der Waals surface area contributed by atoms with E-state index in [-0.39, 0.29) is 25.0 Å². The Morgan fingerprint density at radius 3 is 2.60 bits per heavy atom. The number of carbonyl (C=O) groups excluding carboxylic acids is 2. The Morgan fingerprint density at radius 2 is 2.05 bits per heavy atom. The van der Waals surface area contributed by atoms with Crippen LogP contribution in [0.3, 0.4) is 0 Å². The number of amides is 2. The van der Waals surface area contributed by atoms with Gasteiger partial charge in [-0.15, -0.1) is 11.3 Å². The standard InChI is InChI=1S/C12H15N3O4S/c16-10(6-15(7-11(17)18)8-3-4-8)13-14-12(19)9-2-1-5-20-9/h1-2,5,8H,3-4,6-7H2,(H,13,16)(H,14,19)(H,17,18). The van der Waals surface area contributed by atoms with Crippen LogP contribution in [0.5, 0.6) is 0 Å². The number of carbonyl (C=O) groups is 3. The predicted octanol–water partition coefficient (Wildman–Crippen LogP) is 0.0581. The Labute approximate surface area is 119 Å². The van der Waals surface area contributed by atoms with Gasteiger partial charge in [0, 0.05) is 6.04 Å². The third-order valence-corrected chi connectivity index (χ3v) is 3.68. The minimum atomic E-state index is -0.965. The first-order valence-corrected chi connectivity index (χ1v) is 7.03. The molecule has 0 bridgehead atoms. The Bertz CT molecular complexity index is 499. The SMILES string of the molecule is O=C(O)CN(CC(=O)NNC(=O)c1cccs1)C1CC1. The number of carboxylic acid groups (broad SMARTS) is 1. The molecule has 2 rings (SSSR count). The van der Waals surface area contributed by atoms with Gasteiger partial charge in [-0.1, -0.05) is 6.07 Å². The zero-order chi connectivity index (χ0) is 14.5. The van der Waals surface area contributed by atoms with E-state index < -0.39 is 11.9 Å². The van der Waals surface area contributed by atoms with E-state index >= 15 is 0 Å². The summed E-state index contributed by atoms with van der Waals surface area (Å²) < 4.78 is 0. The van der Waals surface area contributed by atoms with Gasteiger partial charge in [0.2, 0.25) is 0 Å². The molecule has 2 amide bonds. The molecule has 0 unspecified atom stereocenters. The van der Waals surface area contributed by atoms with Crippen LogP contribution in [0, 0.1) is 0 Å². The molecule has 1 saturated carbocycles. The number of aliphatic carboxylic acids is 1. The minimum Gasteiger partial charge on any atom is -0.480 e. The van der Waals surface area contributed by atoms with Crippen LogP contribution in [0.4, 0.5) is 0 Å². The molecule has 1 heterocycles. The molecule has 0 radical (unpaired) electrons. The van der Waals surface area contributed by atoms with E-state index in [4.69, 9.17) is 5.11 Å². The number of hydrazine groups is 1. The molecule has 1 aromatic rings. The first-order valence-electron chi connectivity index (χ1n) is 6.15. The van der Waals surface area contributed by atoms with Crippen LogP contribution >= 0.6 is 11.3 Å². The van der Waals surface area contributed by atoms with Gasteiger partial charge >= 0.3 is 5.97 Å². The van der Waals surface area contributed by atoms with Crippen molar-refractivity contribution in [3.63, 3.8) is 0 Å². The number of carboxylic acids is 1. The average Bonchev–Trinajstić information content (AvgIpc) is 3.09. The van der Waals surface area contributed by atoms with Gasteiger partial charge in [0.05, 0.1) is 18.0 Å². The molecule has 20 heavy (non-hydrogen) atoms. The molecule has 1 aliphatic rings. The van der Waals surface area contributed by atoms with Gasteiger partial charge < -0.3 is 5.11 Å². The van der Waals surface area contributed by atoms with Crippen LogP contribution in [0.1, 0.15) is 22.5 Å². The number of rotatable bonds is 6. The molecule has 0 spiro atoms. The molecule has 1 aromatic heterocycles. The van der Waals surface area contributed by atoms with Crippen molar-refractivity contribution in [2.75, 3.05) is 13.1 Å². The lowest BCUT2D eigenvalue weighted by Gasteiger charge is -2.18. The summed E-state index contributed by atoms with van der Waals surface area (Å²) in [4.78, 5) is 36.1. The second-order valence-electron chi connectivity index (χ2n) is 4.51. The molecule has 1 aliphatic carbocycles. The van der Waals surface area contributed by atoms with E-state index in [1.165, 1.54) is 11.3 Å². The van der Waals surface area contributed by atoms with Crippen molar-refractivity contribution in [3.8, 4) is 0 Å². The molecule has 0 atom stereocenters. The van der Waals surface area contributed by atoms with E-state index in [0.717, 1.165) is 12.8 Å². The maximum Gasteiger partial charge on any atom is 0.317 e. The van der Waals surface area contributed by atoms with Crippen LogP contribution in [0.2, 0.25) is 0 Å². The third kappa shape index (κ3) is 4.32. The number of nitrogens with one attached hydrogen (secondary N) is 2. The first kappa shape index (κ1) is 14.5. The Kier molecular flexibility index (Phi) is 4.70. The first-order chi connectivity index (χ1) is 9.56. The lowest BCUT2D eigenvalue weighted by molar-refractivity contribution is -0.139. The summed E-state index contributed by atoms with van der Waals surface area (Å²) in [7, 11) is 0. The van der Waals surface area contributed by atoms with Crippen molar-refractivity contribution >= 4 is 29.1 Å². The van der Waals surface area contributed by atoms with Crippen molar-refractivity contribution < 1.29 is 19.5 Å². The second-order valence-corrected chi connectivity index (χ2v) is 5.46. The summed E-state index contributed by atoms with van der Waals surface area (Å²) in [6, 6.07) is 3.54. The number of hydrogen-bond acceptors (Lipinski definition) is 5. The molecule has 3 N–H and O–H groups in total. The molecule has 8 heteroatoms. The second kappa shape index (κ2) is 6.49. The molecule has 0 aliphatic heterocycles. The van der Waals surface area contributed by atoms with Crippen molar-refractivity contribution in [1.82, 2.24) is 15.8 Å². The fraction of sp³-hybridized carbons (Fsp3) is 0.417. The largest absolute Gasteiger partial charge is 0.480 e. The van der Waals surface area contributed by atoms with Crippen molar-refractivity contribution in [1.29, 1.82) is 0 Å². The fourth-order valence-electron chi connectivity index (χ4n) is 1.75. The maximum absolute atomic E-state index is 11.7. The van der Waals surface area contributed by atoms with Crippen molar-refractivity contribution in [3.05, 3.63) is 22.4 Å². The third-order valence-electron chi connectivity index (χ3n) is 2.81. The smallest absolute Gasteiger partial charge is 0.317 e. The maximum atomic E-state index is 11.7. The number of hydrogen-bond donors (Lipinski definition) is 3. The summed E-state index contributed by atoms with van der Waals surface area (Å²) in [5, 5.41) is 10.5. The highest BCUT2D eigenvalue weighted by molar-refractivity contribution is 7.12. The van der Waals surface area contributed by atoms with Crippen LogP contribution < -0.4 is 10.9 Å². The van der Waals surface area contributed by atoms with E-state index in [0.29, 0.717) is 4.88 Å². The molecular weight excluding hydrogens is 282 g/mol. The van der Waals surface area contributed by atoms with Gasteiger partial charge in [0.25, 0.3) is 11.8 Å². The predicted molar refractivity (Wildman–Crippen MR) is 72.2 cm³/mol. The highest BCUT2D eigenvalue weighted by Crippen LogP contribution is 2.26. The highest BCUT2D eigenvalue weighted by Gasteiger charge is 2.31. The monoisotopic (exact) mass is 297 g/mol. The summed E-state index contributed by atoms with van der Waals surface area (Å²) in [6.07, 6.45) is 1.81. The molecule has 7 nitrogen and oxygen atoms in total. The highest BCUT2D eigenvalue weighted by atomic mass is 32.1. The van der Waals surface area contributed by atoms with E-state index in [1.54, 1.807) is 22.4 Å². The number of nitrogens with zero attached hydrogens (tertiary/aromatic N) is 1. The molecule has 0 aromatic carbocycles. The number of thiophene rings is 1. The van der Waals surface area contributed by atoms with Crippen molar-refractivity contribution in [2.45, 2.75) is 18.9 Å². The average molecular weight is 297 g/mol.